The highest BCUT2D eigenvalue weighted by molar-refractivity contribution is 6.01. The van der Waals surface area contributed by atoms with Crippen molar-refractivity contribution in [3.63, 3.8) is 0 Å². The van der Waals surface area contributed by atoms with Gasteiger partial charge in [0.25, 0.3) is 5.88 Å². The minimum atomic E-state index is -0.143. The maximum atomic E-state index is 11.7. The van der Waals surface area contributed by atoms with Crippen LogP contribution < -0.4 is 9.64 Å². The van der Waals surface area contributed by atoms with Crippen LogP contribution in [0.5, 0.6) is 5.88 Å². The summed E-state index contributed by atoms with van der Waals surface area (Å²) in [5.74, 6) is 0.828. The first kappa shape index (κ1) is 19.0. The lowest BCUT2D eigenvalue weighted by Gasteiger charge is -2.35. The summed E-state index contributed by atoms with van der Waals surface area (Å²) in [6.07, 6.45) is 5.26. The van der Waals surface area contributed by atoms with E-state index in [2.05, 4.69) is 25.8 Å². The second kappa shape index (κ2) is 9.28. The molecule has 9 heteroatoms. The molecule has 27 heavy (non-hydrogen) atoms. The lowest BCUT2D eigenvalue weighted by molar-refractivity contribution is -0.138. The van der Waals surface area contributed by atoms with Gasteiger partial charge in [-0.3, -0.25) is 19.4 Å². The van der Waals surface area contributed by atoms with Gasteiger partial charge in [0.1, 0.15) is 6.61 Å². The van der Waals surface area contributed by atoms with E-state index in [0.717, 1.165) is 39.1 Å². The van der Waals surface area contributed by atoms with Crippen molar-refractivity contribution < 1.29 is 14.3 Å². The average molecular weight is 372 g/mol. The van der Waals surface area contributed by atoms with Crippen LogP contribution in [0.25, 0.3) is 0 Å². The van der Waals surface area contributed by atoms with Gasteiger partial charge in [-0.1, -0.05) is 0 Å². The van der Waals surface area contributed by atoms with Crippen LogP contribution in [-0.4, -0.2) is 77.5 Å². The predicted octanol–water partition coefficient (Wildman–Crippen LogP) is 0.430. The minimum Gasteiger partial charge on any atom is -0.473 e. The molecule has 9 nitrogen and oxygen atoms in total. The van der Waals surface area contributed by atoms with Crippen molar-refractivity contribution in [2.75, 3.05) is 50.8 Å². The zero-order valence-corrected chi connectivity index (χ0v) is 15.3. The first-order chi connectivity index (χ1) is 13.2. The van der Waals surface area contributed by atoms with Crippen LogP contribution in [0.2, 0.25) is 0 Å². The van der Waals surface area contributed by atoms with Gasteiger partial charge < -0.3 is 9.64 Å². The summed E-state index contributed by atoms with van der Waals surface area (Å²) in [6, 6.07) is 2.18. The third kappa shape index (κ3) is 4.92. The van der Waals surface area contributed by atoms with Crippen molar-refractivity contribution in [2.45, 2.75) is 25.7 Å². The Hall–Kier alpha value is -2.73. The Morgan fingerprint density at radius 1 is 1.04 bits per heavy atom. The van der Waals surface area contributed by atoms with E-state index in [4.69, 9.17) is 10.00 Å². The highest BCUT2D eigenvalue weighted by atomic mass is 16.5. The van der Waals surface area contributed by atoms with Crippen LogP contribution in [0, 0.1) is 11.3 Å². The summed E-state index contributed by atoms with van der Waals surface area (Å²) in [5.41, 5.74) is 0. The van der Waals surface area contributed by atoms with Crippen molar-refractivity contribution in [1.82, 2.24) is 19.8 Å². The molecule has 0 unspecified atom stereocenters. The summed E-state index contributed by atoms with van der Waals surface area (Å²) in [7, 11) is 0. The summed E-state index contributed by atoms with van der Waals surface area (Å²) < 4.78 is 5.74. The zero-order valence-electron chi connectivity index (χ0n) is 15.3. The van der Waals surface area contributed by atoms with Crippen LogP contribution in [0.3, 0.4) is 0 Å². The average Bonchev–Trinajstić information content (AvgIpc) is 3.01. The Bertz CT molecular complexity index is 695. The van der Waals surface area contributed by atoms with Crippen LogP contribution in [0.15, 0.2) is 12.4 Å². The Kier molecular flexibility index (Phi) is 6.54. The second-order valence-corrected chi connectivity index (χ2v) is 6.56. The van der Waals surface area contributed by atoms with Crippen molar-refractivity contribution in [3.05, 3.63) is 12.4 Å². The van der Waals surface area contributed by atoms with Gasteiger partial charge in [0.15, 0.2) is 5.82 Å². The highest BCUT2D eigenvalue weighted by Gasteiger charge is 2.28. The standard InChI is InChI=1S/C18H24N6O3/c19-5-1-2-8-22-9-11-23(12-10-22)17-18(21-7-6-20-17)27-14-13-24-15(25)3-4-16(24)26/h6-7H,1-4,8-14H2. The number of unbranched alkanes of at least 4 members (excludes halogenated alkanes) is 1. The third-order valence-corrected chi connectivity index (χ3v) is 4.79. The number of nitrogens with zero attached hydrogens (tertiary/aromatic N) is 6. The molecule has 2 fully saturated rings. The number of imide groups is 1. The van der Waals surface area contributed by atoms with Crippen LogP contribution >= 0.6 is 0 Å². The Balaban J connectivity index is 1.51. The number of rotatable bonds is 8. The first-order valence-corrected chi connectivity index (χ1v) is 9.30. The molecule has 0 saturated carbocycles. The van der Waals surface area contributed by atoms with E-state index >= 15 is 0 Å². The van der Waals surface area contributed by atoms with Crippen molar-refractivity contribution in [3.8, 4) is 11.9 Å². The van der Waals surface area contributed by atoms with E-state index in [9.17, 15) is 9.59 Å². The molecule has 0 radical (unpaired) electrons. The molecule has 0 atom stereocenters. The van der Waals surface area contributed by atoms with Gasteiger partial charge in [-0.05, 0) is 13.0 Å². The van der Waals surface area contributed by atoms with Gasteiger partial charge in [-0.15, -0.1) is 0 Å². The summed E-state index contributed by atoms with van der Waals surface area (Å²) in [5, 5.41) is 8.64. The summed E-state index contributed by atoms with van der Waals surface area (Å²) in [6.45, 7) is 4.80. The monoisotopic (exact) mass is 372 g/mol. The number of aromatic nitrogens is 2. The highest BCUT2D eigenvalue weighted by Crippen LogP contribution is 2.24. The van der Waals surface area contributed by atoms with E-state index in [1.165, 1.54) is 4.90 Å². The number of anilines is 1. The number of ether oxygens (including phenoxy) is 1. The van der Waals surface area contributed by atoms with Gasteiger partial charge in [0.2, 0.25) is 11.8 Å². The van der Waals surface area contributed by atoms with E-state index in [1.807, 2.05) is 0 Å². The molecule has 0 spiro atoms. The maximum absolute atomic E-state index is 11.7. The van der Waals surface area contributed by atoms with Gasteiger partial charge in [0.05, 0.1) is 12.6 Å². The van der Waals surface area contributed by atoms with Crippen molar-refractivity contribution in [2.24, 2.45) is 0 Å². The Labute approximate surface area is 158 Å². The van der Waals surface area contributed by atoms with Gasteiger partial charge >= 0.3 is 0 Å². The molecular formula is C18H24N6O3. The maximum Gasteiger partial charge on any atom is 0.257 e. The molecule has 1 aromatic heterocycles. The zero-order chi connectivity index (χ0) is 19.1. The van der Waals surface area contributed by atoms with E-state index in [-0.39, 0.29) is 37.8 Å². The molecule has 2 amide bonds. The van der Waals surface area contributed by atoms with Gasteiger partial charge in [-0.2, -0.15) is 5.26 Å². The normalized spacial score (nSPS) is 18.0. The Morgan fingerprint density at radius 2 is 1.74 bits per heavy atom. The topological polar surface area (TPSA) is 103 Å². The van der Waals surface area contributed by atoms with Crippen LogP contribution in [-0.2, 0) is 9.59 Å². The van der Waals surface area contributed by atoms with E-state index in [1.54, 1.807) is 12.4 Å². The third-order valence-electron chi connectivity index (χ3n) is 4.79. The summed E-state index contributed by atoms with van der Waals surface area (Å²) >= 11 is 0. The SMILES string of the molecule is N#CCCCN1CCN(c2nccnc2OCCN2C(=O)CCC2=O)CC1. The molecule has 0 aliphatic carbocycles. The lowest BCUT2D eigenvalue weighted by Crippen LogP contribution is -2.47. The first-order valence-electron chi connectivity index (χ1n) is 9.30. The van der Waals surface area contributed by atoms with Crippen LogP contribution in [0.1, 0.15) is 25.7 Å². The number of piperazine rings is 1. The molecule has 1 aromatic rings. The number of carbonyl (C=O) groups is 2. The fourth-order valence-electron chi connectivity index (χ4n) is 3.31. The fraction of sp³-hybridized carbons (Fsp3) is 0.611. The number of hydrogen-bond donors (Lipinski definition) is 0. The molecule has 2 aliphatic rings. The Morgan fingerprint density at radius 3 is 2.44 bits per heavy atom. The number of likely N-dealkylation sites (tertiary alicyclic amines) is 1. The lowest BCUT2D eigenvalue weighted by atomic mass is 10.2. The van der Waals surface area contributed by atoms with E-state index in [0.29, 0.717) is 18.1 Å². The molecule has 2 aliphatic heterocycles. The smallest absolute Gasteiger partial charge is 0.257 e. The molecule has 0 N–H and O–H groups in total. The van der Waals surface area contributed by atoms with E-state index < -0.39 is 0 Å². The molecule has 144 valence electrons. The predicted molar refractivity (Wildman–Crippen MR) is 97.0 cm³/mol. The number of carbonyl (C=O) groups excluding carboxylic acids is 2. The molecule has 3 heterocycles. The second-order valence-electron chi connectivity index (χ2n) is 6.56. The minimum absolute atomic E-state index is 0.143. The number of hydrogen-bond acceptors (Lipinski definition) is 8. The molecule has 3 rings (SSSR count). The number of amides is 2. The van der Waals surface area contributed by atoms with Crippen LogP contribution in [0.4, 0.5) is 5.82 Å². The van der Waals surface area contributed by atoms with Crippen molar-refractivity contribution in [1.29, 1.82) is 5.26 Å². The molecular weight excluding hydrogens is 348 g/mol. The van der Waals surface area contributed by atoms with Gasteiger partial charge in [-0.25, -0.2) is 9.97 Å². The molecule has 2 saturated heterocycles. The largest absolute Gasteiger partial charge is 0.473 e. The van der Waals surface area contributed by atoms with Gasteiger partial charge in [0, 0.05) is 57.8 Å². The fourth-order valence-corrected chi connectivity index (χ4v) is 3.31. The molecule has 0 aromatic carbocycles. The molecule has 0 bridgehead atoms. The van der Waals surface area contributed by atoms with Crippen molar-refractivity contribution >= 4 is 17.6 Å². The summed E-state index contributed by atoms with van der Waals surface area (Å²) in [4.78, 5) is 37.7. The quantitative estimate of drug-likeness (QED) is 0.478. The number of nitriles is 1.